The molecule has 1 aliphatic heterocycles. The molecule has 0 N–H and O–H groups in total. The quantitative estimate of drug-likeness (QED) is 0.663. The summed E-state index contributed by atoms with van der Waals surface area (Å²) in [5.74, 6) is 0.442. The van der Waals surface area contributed by atoms with Crippen LogP contribution in [0.3, 0.4) is 0 Å². The molecule has 3 heterocycles. The average molecular weight is 362 g/mol. The van der Waals surface area contributed by atoms with E-state index in [4.69, 9.17) is 0 Å². The minimum Gasteiger partial charge on any atom is -0.344 e. The van der Waals surface area contributed by atoms with E-state index in [1.54, 1.807) is 11.3 Å². The molecule has 27 heavy (non-hydrogen) atoms. The van der Waals surface area contributed by atoms with Gasteiger partial charge in [0, 0.05) is 60.0 Å². The Hall–Kier alpha value is -2.13. The van der Waals surface area contributed by atoms with Gasteiger partial charge in [-0.2, -0.15) is 0 Å². The van der Waals surface area contributed by atoms with Gasteiger partial charge in [-0.3, -0.25) is 4.98 Å². The molecule has 0 spiro atoms. The van der Waals surface area contributed by atoms with E-state index in [-0.39, 0.29) is 0 Å². The normalized spacial score (nSPS) is 19.1. The molecule has 0 saturated carbocycles. The highest BCUT2D eigenvalue weighted by Crippen LogP contribution is 2.33. The Morgan fingerprint density at radius 2 is 2.00 bits per heavy atom. The summed E-state index contributed by atoms with van der Waals surface area (Å²) in [6.45, 7) is 11.1. The first-order valence-corrected chi connectivity index (χ1v) is 10.2. The van der Waals surface area contributed by atoms with E-state index in [0.29, 0.717) is 12.0 Å². The lowest BCUT2D eigenvalue weighted by Gasteiger charge is -2.21. The van der Waals surface area contributed by atoms with E-state index in [2.05, 4.69) is 72.6 Å². The van der Waals surface area contributed by atoms with Crippen LogP contribution in [0.5, 0.6) is 0 Å². The van der Waals surface area contributed by atoms with Crippen molar-refractivity contribution in [2.24, 2.45) is 0 Å². The Kier molecular flexibility index (Phi) is 4.81. The van der Waals surface area contributed by atoms with Gasteiger partial charge in [-0.1, -0.05) is 24.6 Å². The van der Waals surface area contributed by atoms with Gasteiger partial charge in [-0.25, -0.2) is 0 Å². The predicted octanol–water partition coefficient (Wildman–Crippen LogP) is 4.88. The largest absolute Gasteiger partial charge is 0.344 e. The number of hydrogen-bond acceptors (Lipinski definition) is 2. The van der Waals surface area contributed by atoms with Gasteiger partial charge in [0.1, 0.15) is 0 Å². The minimum atomic E-state index is 0.442. The average Bonchev–Trinajstić information content (AvgIpc) is 2.82. The number of fused-ring (bicyclic) bond motifs is 3. The van der Waals surface area contributed by atoms with Crippen molar-refractivity contribution in [3.05, 3.63) is 64.6 Å². The third-order valence-electron chi connectivity index (χ3n) is 6.36. The molecule has 0 saturated heterocycles. The van der Waals surface area contributed by atoms with Crippen LogP contribution in [0.15, 0.2) is 36.5 Å². The van der Waals surface area contributed by atoms with Crippen molar-refractivity contribution in [1.82, 2.24) is 14.5 Å². The van der Waals surface area contributed by atoms with Gasteiger partial charge in [-0.15, -0.1) is 0 Å². The van der Waals surface area contributed by atoms with Gasteiger partial charge < -0.3 is 9.47 Å². The van der Waals surface area contributed by atoms with Crippen molar-refractivity contribution in [2.45, 2.75) is 59.0 Å². The maximum Gasteiger partial charge on any atom is 0.0485 e. The fourth-order valence-electron chi connectivity index (χ4n) is 4.42. The highest BCUT2D eigenvalue weighted by molar-refractivity contribution is 5.86. The van der Waals surface area contributed by atoms with Gasteiger partial charge >= 0.3 is 0 Å². The maximum absolute atomic E-state index is 4.51. The van der Waals surface area contributed by atoms with E-state index < -0.39 is 0 Å². The predicted molar refractivity (Wildman–Crippen MR) is 114 cm³/mol. The van der Waals surface area contributed by atoms with Crippen LogP contribution in [0.2, 0.25) is 0 Å². The number of likely N-dealkylation sites (N-methyl/N-ethyl adjacent to an activating group) is 1. The van der Waals surface area contributed by atoms with Crippen molar-refractivity contribution in [3.63, 3.8) is 0 Å². The van der Waals surface area contributed by atoms with Crippen molar-refractivity contribution in [3.8, 4) is 0 Å². The van der Waals surface area contributed by atoms with Crippen LogP contribution < -0.4 is 0 Å². The van der Waals surface area contributed by atoms with E-state index in [1.165, 1.54) is 22.0 Å². The van der Waals surface area contributed by atoms with Crippen LogP contribution in [0.1, 0.15) is 47.8 Å². The summed E-state index contributed by atoms with van der Waals surface area (Å²) >= 11 is 0. The molecule has 0 amide bonds. The standard InChI is InChI=1S/C24H31N3/c1-16-6-9-23-21(12-16)22-13-19(4)26(5)11-10-24(22)27(23)15-17(2)20-8-7-18(3)25-14-20/h6-9,12,14,17,19H,10-11,13,15H2,1-5H3. The zero-order valence-corrected chi connectivity index (χ0v) is 17.3. The lowest BCUT2D eigenvalue weighted by atomic mass is 10.0. The van der Waals surface area contributed by atoms with Crippen molar-refractivity contribution < 1.29 is 0 Å². The molecule has 2 aromatic heterocycles. The first kappa shape index (κ1) is 18.2. The Labute approximate surface area is 163 Å². The van der Waals surface area contributed by atoms with Crippen molar-refractivity contribution in [1.29, 1.82) is 0 Å². The van der Waals surface area contributed by atoms with Crippen molar-refractivity contribution >= 4 is 10.9 Å². The molecule has 0 bridgehead atoms. The summed E-state index contributed by atoms with van der Waals surface area (Å²) in [4.78, 5) is 7.01. The molecule has 2 unspecified atom stereocenters. The SMILES string of the molecule is Cc1ccc2c(c1)c1c(n2CC(C)c2ccc(C)nc2)CCN(C)C(C)C1. The second kappa shape index (κ2) is 7.12. The molecule has 0 fully saturated rings. The first-order valence-electron chi connectivity index (χ1n) is 10.2. The summed E-state index contributed by atoms with van der Waals surface area (Å²) in [6.07, 6.45) is 4.31. The van der Waals surface area contributed by atoms with Gasteiger partial charge in [0.05, 0.1) is 0 Å². The highest BCUT2D eigenvalue weighted by Gasteiger charge is 2.25. The molecule has 4 rings (SSSR count). The number of rotatable bonds is 3. The van der Waals surface area contributed by atoms with Gasteiger partial charge in [0.2, 0.25) is 0 Å². The minimum absolute atomic E-state index is 0.442. The Morgan fingerprint density at radius 1 is 1.19 bits per heavy atom. The summed E-state index contributed by atoms with van der Waals surface area (Å²) in [7, 11) is 2.26. The Balaban J connectivity index is 1.79. The van der Waals surface area contributed by atoms with E-state index in [1.807, 2.05) is 13.1 Å². The number of nitrogens with zero attached hydrogens (tertiary/aromatic N) is 3. The molecule has 1 aromatic carbocycles. The molecular formula is C24H31N3. The fraction of sp³-hybridized carbons (Fsp3) is 0.458. The second-order valence-electron chi connectivity index (χ2n) is 8.47. The van der Waals surface area contributed by atoms with Crippen LogP contribution in [0.4, 0.5) is 0 Å². The molecule has 142 valence electrons. The zero-order valence-electron chi connectivity index (χ0n) is 17.3. The zero-order chi connectivity index (χ0) is 19.1. The van der Waals surface area contributed by atoms with E-state index in [9.17, 15) is 0 Å². The lowest BCUT2D eigenvalue weighted by Crippen LogP contribution is -2.30. The number of pyridine rings is 1. The number of hydrogen-bond donors (Lipinski definition) is 0. The van der Waals surface area contributed by atoms with Gasteiger partial charge in [0.15, 0.2) is 0 Å². The number of aryl methyl sites for hydroxylation is 2. The number of aromatic nitrogens is 2. The fourth-order valence-corrected chi connectivity index (χ4v) is 4.42. The summed E-state index contributed by atoms with van der Waals surface area (Å²) in [6, 6.07) is 11.9. The lowest BCUT2D eigenvalue weighted by molar-refractivity contribution is 0.267. The number of benzene rings is 1. The molecule has 3 nitrogen and oxygen atoms in total. The highest BCUT2D eigenvalue weighted by atomic mass is 15.1. The topological polar surface area (TPSA) is 21.1 Å². The first-order chi connectivity index (χ1) is 12.9. The van der Waals surface area contributed by atoms with E-state index >= 15 is 0 Å². The molecule has 0 radical (unpaired) electrons. The maximum atomic E-state index is 4.51. The van der Waals surface area contributed by atoms with Crippen LogP contribution >= 0.6 is 0 Å². The molecular weight excluding hydrogens is 330 g/mol. The van der Waals surface area contributed by atoms with Crippen molar-refractivity contribution in [2.75, 3.05) is 13.6 Å². The van der Waals surface area contributed by atoms with E-state index in [0.717, 1.165) is 31.6 Å². The van der Waals surface area contributed by atoms with Crippen LogP contribution in [0, 0.1) is 13.8 Å². The molecule has 1 aliphatic rings. The van der Waals surface area contributed by atoms with Crippen LogP contribution in [-0.2, 0) is 19.4 Å². The summed E-state index contributed by atoms with van der Waals surface area (Å²) in [5.41, 5.74) is 8.26. The Morgan fingerprint density at radius 3 is 2.74 bits per heavy atom. The summed E-state index contributed by atoms with van der Waals surface area (Å²) in [5, 5.41) is 1.46. The van der Waals surface area contributed by atoms with Crippen LogP contribution in [-0.4, -0.2) is 34.1 Å². The molecule has 0 aliphatic carbocycles. The second-order valence-corrected chi connectivity index (χ2v) is 8.47. The van der Waals surface area contributed by atoms with Gasteiger partial charge in [0.25, 0.3) is 0 Å². The molecule has 3 aromatic rings. The Bertz CT molecular complexity index is 952. The third-order valence-corrected chi connectivity index (χ3v) is 6.36. The smallest absolute Gasteiger partial charge is 0.0485 e. The molecule has 3 heteroatoms. The summed E-state index contributed by atoms with van der Waals surface area (Å²) < 4.78 is 2.60. The van der Waals surface area contributed by atoms with Gasteiger partial charge in [-0.05, 0) is 63.6 Å². The third kappa shape index (κ3) is 3.41. The molecule has 2 atom stereocenters. The monoisotopic (exact) mass is 361 g/mol. The van der Waals surface area contributed by atoms with Crippen LogP contribution in [0.25, 0.3) is 10.9 Å².